The van der Waals surface area contributed by atoms with Crippen LogP contribution in [0.2, 0.25) is 0 Å². The summed E-state index contributed by atoms with van der Waals surface area (Å²) in [6, 6.07) is 8.44. The van der Waals surface area contributed by atoms with Crippen molar-refractivity contribution in [2.75, 3.05) is 0 Å². The molecule has 0 N–H and O–H groups in total. The second kappa shape index (κ2) is 4.55. The van der Waals surface area contributed by atoms with Gasteiger partial charge >= 0.3 is 0 Å². The van der Waals surface area contributed by atoms with E-state index in [1.54, 1.807) is 0 Å². The van der Waals surface area contributed by atoms with E-state index in [-0.39, 0.29) is 0 Å². The third-order valence-electron chi connectivity index (χ3n) is 1.60. The van der Waals surface area contributed by atoms with Crippen molar-refractivity contribution in [3.05, 3.63) is 41.2 Å². The zero-order valence-electron chi connectivity index (χ0n) is 6.52. The van der Waals surface area contributed by atoms with Crippen molar-refractivity contribution in [1.29, 1.82) is 0 Å². The lowest BCUT2D eigenvalue weighted by molar-refractivity contribution is 0.840. The highest BCUT2D eigenvalue weighted by Gasteiger charge is 1.91. The van der Waals surface area contributed by atoms with Gasteiger partial charge in [0.25, 0.3) is 0 Å². The van der Waals surface area contributed by atoms with Gasteiger partial charge in [0.05, 0.1) is 0 Å². The SMILES string of the molecule is [CH2]CCCc1cccc(Br)c1. The number of unbranched alkanes of at least 4 members (excludes halogenated alkanes) is 1. The summed E-state index contributed by atoms with van der Waals surface area (Å²) in [5.74, 6) is 0. The van der Waals surface area contributed by atoms with E-state index < -0.39 is 0 Å². The van der Waals surface area contributed by atoms with Gasteiger partial charge in [-0.05, 0) is 30.5 Å². The van der Waals surface area contributed by atoms with Crippen LogP contribution >= 0.6 is 15.9 Å². The van der Waals surface area contributed by atoms with Gasteiger partial charge in [0.15, 0.2) is 0 Å². The molecule has 1 aromatic carbocycles. The Morgan fingerprint density at radius 2 is 2.18 bits per heavy atom. The Morgan fingerprint density at radius 1 is 1.36 bits per heavy atom. The van der Waals surface area contributed by atoms with Crippen LogP contribution in [0.4, 0.5) is 0 Å². The first-order chi connectivity index (χ1) is 5.33. The minimum Gasteiger partial charge on any atom is -0.0609 e. The fraction of sp³-hybridized carbons (Fsp3) is 0.300. The van der Waals surface area contributed by atoms with Gasteiger partial charge in [-0.3, -0.25) is 0 Å². The Balaban J connectivity index is 2.56. The molecule has 0 amide bonds. The van der Waals surface area contributed by atoms with E-state index in [1.807, 2.05) is 6.07 Å². The molecule has 0 saturated carbocycles. The lowest BCUT2D eigenvalue weighted by atomic mass is 10.1. The molecule has 0 heterocycles. The number of hydrogen-bond acceptors (Lipinski definition) is 0. The molecule has 0 atom stereocenters. The molecule has 1 aromatic rings. The Labute approximate surface area is 76.8 Å². The molecule has 0 unspecified atom stereocenters. The molecule has 1 heteroatoms. The Bertz CT molecular complexity index is 218. The van der Waals surface area contributed by atoms with Crippen molar-refractivity contribution >= 4 is 15.9 Å². The van der Waals surface area contributed by atoms with Crippen LogP contribution in [0.25, 0.3) is 0 Å². The third kappa shape index (κ3) is 3.06. The monoisotopic (exact) mass is 211 g/mol. The summed E-state index contributed by atoms with van der Waals surface area (Å²) in [6.07, 6.45) is 3.34. The minimum absolute atomic E-state index is 1.02. The molecule has 0 bridgehead atoms. The quantitative estimate of drug-likeness (QED) is 0.717. The van der Waals surface area contributed by atoms with Gasteiger partial charge in [0.1, 0.15) is 0 Å². The van der Waals surface area contributed by atoms with Gasteiger partial charge < -0.3 is 0 Å². The first-order valence-electron chi connectivity index (χ1n) is 3.86. The van der Waals surface area contributed by atoms with E-state index in [0.717, 1.165) is 12.8 Å². The lowest BCUT2D eigenvalue weighted by Gasteiger charge is -1.98. The first kappa shape index (κ1) is 8.79. The number of rotatable bonds is 3. The van der Waals surface area contributed by atoms with E-state index in [2.05, 4.69) is 41.1 Å². The normalized spacial score (nSPS) is 10.0. The van der Waals surface area contributed by atoms with Crippen LogP contribution in [0.3, 0.4) is 0 Å². The molecule has 0 aliphatic carbocycles. The second-order valence-electron chi connectivity index (χ2n) is 2.59. The number of halogens is 1. The fourth-order valence-electron chi connectivity index (χ4n) is 1.02. The zero-order chi connectivity index (χ0) is 8.10. The summed E-state index contributed by atoms with van der Waals surface area (Å²) >= 11 is 3.44. The molecule has 1 rings (SSSR count). The minimum atomic E-state index is 1.02. The molecule has 0 saturated heterocycles. The highest BCUT2D eigenvalue weighted by Crippen LogP contribution is 2.13. The maximum atomic E-state index is 3.81. The van der Waals surface area contributed by atoms with Crippen LogP contribution in [0.1, 0.15) is 18.4 Å². The maximum absolute atomic E-state index is 3.81. The molecular formula is C10H12Br. The van der Waals surface area contributed by atoms with Crippen molar-refractivity contribution in [2.45, 2.75) is 19.3 Å². The van der Waals surface area contributed by atoms with Crippen LogP contribution in [0.5, 0.6) is 0 Å². The van der Waals surface area contributed by atoms with E-state index in [1.165, 1.54) is 16.5 Å². The van der Waals surface area contributed by atoms with Crippen LogP contribution in [-0.2, 0) is 6.42 Å². The molecule has 1 radical (unpaired) electrons. The molecular weight excluding hydrogens is 200 g/mol. The first-order valence-corrected chi connectivity index (χ1v) is 4.66. The van der Waals surface area contributed by atoms with Gasteiger partial charge in [0, 0.05) is 4.47 Å². The van der Waals surface area contributed by atoms with Crippen molar-refractivity contribution in [1.82, 2.24) is 0 Å². The van der Waals surface area contributed by atoms with E-state index in [4.69, 9.17) is 0 Å². The van der Waals surface area contributed by atoms with E-state index >= 15 is 0 Å². The number of hydrogen-bond donors (Lipinski definition) is 0. The van der Waals surface area contributed by atoms with Gasteiger partial charge in [0.2, 0.25) is 0 Å². The van der Waals surface area contributed by atoms with Gasteiger partial charge in [-0.25, -0.2) is 0 Å². The highest BCUT2D eigenvalue weighted by molar-refractivity contribution is 9.10. The van der Waals surface area contributed by atoms with Gasteiger partial charge in [-0.1, -0.05) is 41.4 Å². The largest absolute Gasteiger partial charge is 0.0609 e. The van der Waals surface area contributed by atoms with Crippen LogP contribution < -0.4 is 0 Å². The van der Waals surface area contributed by atoms with Crippen molar-refractivity contribution < 1.29 is 0 Å². The van der Waals surface area contributed by atoms with E-state index in [9.17, 15) is 0 Å². The molecule has 0 spiro atoms. The average Bonchev–Trinajstić information content (AvgIpc) is 2.01. The van der Waals surface area contributed by atoms with Gasteiger partial charge in [-0.2, -0.15) is 0 Å². The van der Waals surface area contributed by atoms with Crippen molar-refractivity contribution in [3.8, 4) is 0 Å². The average molecular weight is 212 g/mol. The fourth-order valence-corrected chi connectivity index (χ4v) is 1.47. The smallest absolute Gasteiger partial charge is 0.0177 e. The number of aryl methyl sites for hydroxylation is 1. The predicted octanol–water partition coefficient (Wildman–Crippen LogP) is 3.61. The molecule has 59 valence electrons. The molecule has 0 aliphatic heterocycles. The highest BCUT2D eigenvalue weighted by atomic mass is 79.9. The van der Waals surface area contributed by atoms with Crippen molar-refractivity contribution in [3.63, 3.8) is 0 Å². The van der Waals surface area contributed by atoms with E-state index in [0.29, 0.717) is 0 Å². The van der Waals surface area contributed by atoms with Crippen LogP contribution in [0.15, 0.2) is 28.7 Å². The Hall–Kier alpha value is -0.300. The standard InChI is InChI=1S/C10H12Br/c1-2-3-5-9-6-4-7-10(11)8-9/h4,6-8H,1-3,5H2. The summed E-state index contributed by atoms with van der Waals surface area (Å²) in [5, 5.41) is 0. The summed E-state index contributed by atoms with van der Waals surface area (Å²) in [7, 11) is 0. The predicted molar refractivity (Wildman–Crippen MR) is 52.4 cm³/mol. The molecule has 0 aromatic heterocycles. The maximum Gasteiger partial charge on any atom is 0.0177 e. The van der Waals surface area contributed by atoms with Crippen LogP contribution in [0, 0.1) is 6.92 Å². The van der Waals surface area contributed by atoms with Gasteiger partial charge in [-0.15, -0.1) is 0 Å². The second-order valence-corrected chi connectivity index (χ2v) is 3.50. The molecule has 0 fully saturated rings. The topological polar surface area (TPSA) is 0 Å². The third-order valence-corrected chi connectivity index (χ3v) is 2.10. The summed E-state index contributed by atoms with van der Waals surface area (Å²) in [6.45, 7) is 3.81. The zero-order valence-corrected chi connectivity index (χ0v) is 8.10. The van der Waals surface area contributed by atoms with Crippen LogP contribution in [-0.4, -0.2) is 0 Å². The molecule has 11 heavy (non-hydrogen) atoms. The molecule has 0 nitrogen and oxygen atoms in total. The van der Waals surface area contributed by atoms with Crippen molar-refractivity contribution in [2.24, 2.45) is 0 Å². The summed E-state index contributed by atoms with van der Waals surface area (Å²) in [4.78, 5) is 0. The summed E-state index contributed by atoms with van der Waals surface area (Å²) < 4.78 is 1.17. The summed E-state index contributed by atoms with van der Waals surface area (Å²) in [5.41, 5.74) is 1.39. The molecule has 0 aliphatic rings. The lowest BCUT2D eigenvalue weighted by Crippen LogP contribution is -1.83. The Morgan fingerprint density at radius 3 is 2.82 bits per heavy atom. The Kier molecular flexibility index (Phi) is 3.64. The number of benzene rings is 1.